The van der Waals surface area contributed by atoms with E-state index in [0.717, 1.165) is 37.6 Å². The zero-order chi connectivity index (χ0) is 27.2. The molecule has 2 aliphatic heterocycles. The minimum atomic E-state index is -0.740. The molecule has 3 unspecified atom stereocenters. The van der Waals surface area contributed by atoms with Gasteiger partial charge in [-0.15, -0.1) is 0 Å². The molecule has 3 saturated carbocycles. The highest BCUT2D eigenvalue weighted by molar-refractivity contribution is 5.82. The minimum absolute atomic E-state index is 0.0625. The second kappa shape index (κ2) is 14.3. The second-order valence-corrected chi connectivity index (χ2v) is 13.6. The number of carbonyl (C=O) groups excluding carboxylic acids is 1. The number of rotatable bonds is 10. The van der Waals surface area contributed by atoms with Crippen molar-refractivity contribution >= 4 is 5.91 Å². The molecule has 7 atom stereocenters. The molecule has 5 aliphatic rings. The average Bonchev–Trinajstić information content (AvgIpc) is 3.54. The van der Waals surface area contributed by atoms with E-state index in [0.29, 0.717) is 36.9 Å². The molecule has 222 valence electrons. The fourth-order valence-electron chi connectivity index (χ4n) is 8.52. The Morgan fingerprint density at radius 2 is 1.69 bits per heavy atom. The number of allylic oxidation sites excluding steroid dienone is 2. The first-order chi connectivity index (χ1) is 19.0. The first-order valence-electron chi connectivity index (χ1n) is 16.4. The van der Waals surface area contributed by atoms with Crippen molar-refractivity contribution in [2.45, 2.75) is 121 Å². The predicted molar refractivity (Wildman–Crippen MR) is 154 cm³/mol. The van der Waals surface area contributed by atoms with Crippen LogP contribution in [0.1, 0.15) is 96.8 Å². The van der Waals surface area contributed by atoms with Gasteiger partial charge in [0.05, 0.1) is 12.7 Å². The number of fused-ring (bicyclic) bond motifs is 1. The Morgan fingerprint density at radius 3 is 2.41 bits per heavy atom. The van der Waals surface area contributed by atoms with E-state index in [1.165, 1.54) is 70.6 Å². The van der Waals surface area contributed by atoms with Crippen LogP contribution >= 0.6 is 0 Å². The quantitative estimate of drug-likeness (QED) is 0.308. The Hall–Kier alpha value is -0.990. The Labute approximate surface area is 236 Å². The van der Waals surface area contributed by atoms with Gasteiger partial charge >= 0.3 is 0 Å². The van der Waals surface area contributed by atoms with Crippen LogP contribution in [-0.2, 0) is 9.63 Å². The van der Waals surface area contributed by atoms with Crippen LogP contribution in [0.3, 0.4) is 0 Å². The van der Waals surface area contributed by atoms with Gasteiger partial charge in [0.25, 0.3) is 0 Å². The summed E-state index contributed by atoms with van der Waals surface area (Å²) in [7, 11) is 0. The number of amides is 1. The summed E-state index contributed by atoms with van der Waals surface area (Å²) >= 11 is 0. The summed E-state index contributed by atoms with van der Waals surface area (Å²) in [5, 5.41) is 29.4. The monoisotopic (exact) mass is 545 g/mol. The molecule has 1 amide bonds. The second-order valence-electron chi connectivity index (χ2n) is 13.6. The van der Waals surface area contributed by atoms with Crippen molar-refractivity contribution in [2.75, 3.05) is 26.2 Å². The summed E-state index contributed by atoms with van der Waals surface area (Å²) in [5.41, 5.74) is 0. The molecule has 0 aromatic carbocycles. The average molecular weight is 546 g/mol. The highest BCUT2D eigenvalue weighted by Crippen LogP contribution is 2.37. The molecule has 5 fully saturated rings. The van der Waals surface area contributed by atoms with Crippen LogP contribution in [0, 0.1) is 35.5 Å². The van der Waals surface area contributed by atoms with Gasteiger partial charge in [0.1, 0.15) is 12.1 Å². The van der Waals surface area contributed by atoms with E-state index in [1.807, 2.05) is 5.06 Å². The number of nitrogens with zero attached hydrogens (tertiary/aromatic N) is 1. The van der Waals surface area contributed by atoms with E-state index in [1.54, 1.807) is 6.92 Å². The molecule has 3 aliphatic carbocycles. The van der Waals surface area contributed by atoms with Crippen molar-refractivity contribution in [3.63, 3.8) is 0 Å². The van der Waals surface area contributed by atoms with Gasteiger partial charge in [0.2, 0.25) is 5.91 Å². The van der Waals surface area contributed by atoms with Crippen LogP contribution in [0.2, 0.25) is 0 Å². The fraction of sp³-hybridized carbons (Fsp3) is 0.906. The molecule has 0 radical (unpaired) electrons. The summed E-state index contributed by atoms with van der Waals surface area (Å²) in [6, 6.07) is 0.115. The van der Waals surface area contributed by atoms with Crippen molar-refractivity contribution in [2.24, 2.45) is 35.5 Å². The topological polar surface area (TPSA) is 94.1 Å². The number of hydrogen-bond acceptors (Lipinski definition) is 6. The van der Waals surface area contributed by atoms with Gasteiger partial charge in [-0.25, -0.2) is 0 Å². The van der Waals surface area contributed by atoms with Crippen LogP contribution in [-0.4, -0.2) is 71.7 Å². The standard InChI is InChI=1S/C32H55N3O4/c1-22(37)31-28(21-36)30(32(38)33-18-17-26-19-34-29-10-6-5-9-27(26)29)35(39-31)20-25-15-13-24(14-16-25)12-11-23-7-3-2-4-8-23/h11-12,22-31,34,36-37H,2-10,13-21H2,1H3,(H,33,38)/b12-11-/t22-,24?,25?,26?,27?,28+,29?,30+,31+/m0/s1. The van der Waals surface area contributed by atoms with E-state index in [-0.39, 0.29) is 12.5 Å². The van der Waals surface area contributed by atoms with Crippen molar-refractivity contribution in [1.82, 2.24) is 15.7 Å². The number of aliphatic hydroxyl groups excluding tert-OH is 2. The Kier molecular flexibility index (Phi) is 10.8. The highest BCUT2D eigenvalue weighted by Gasteiger charge is 2.49. The highest BCUT2D eigenvalue weighted by atomic mass is 16.7. The smallest absolute Gasteiger partial charge is 0.240 e. The van der Waals surface area contributed by atoms with E-state index >= 15 is 0 Å². The number of hydrogen-bond donors (Lipinski definition) is 4. The zero-order valence-electron chi connectivity index (χ0n) is 24.3. The van der Waals surface area contributed by atoms with Crippen molar-refractivity contribution in [3.8, 4) is 0 Å². The molecule has 5 rings (SSSR count). The Bertz CT molecular complexity index is 792. The first-order valence-corrected chi connectivity index (χ1v) is 16.4. The van der Waals surface area contributed by atoms with Gasteiger partial charge in [-0.1, -0.05) is 44.3 Å². The molecule has 0 aromatic rings. The van der Waals surface area contributed by atoms with Gasteiger partial charge in [-0.05, 0) is 101 Å². The van der Waals surface area contributed by atoms with Crippen LogP contribution in [0.25, 0.3) is 0 Å². The summed E-state index contributed by atoms with van der Waals surface area (Å²) in [5.74, 6) is 2.83. The zero-order valence-corrected chi connectivity index (χ0v) is 24.3. The molecule has 0 aromatic heterocycles. The van der Waals surface area contributed by atoms with Gasteiger partial charge in [-0.2, -0.15) is 5.06 Å². The molecule has 2 heterocycles. The van der Waals surface area contributed by atoms with Crippen molar-refractivity contribution in [3.05, 3.63) is 12.2 Å². The Balaban J connectivity index is 1.12. The molecule has 7 nitrogen and oxygen atoms in total. The number of carbonyl (C=O) groups is 1. The minimum Gasteiger partial charge on any atom is -0.396 e. The molecular weight excluding hydrogens is 490 g/mol. The molecule has 0 bridgehead atoms. The van der Waals surface area contributed by atoms with E-state index in [9.17, 15) is 15.0 Å². The van der Waals surface area contributed by atoms with E-state index < -0.39 is 24.2 Å². The molecule has 4 N–H and O–H groups in total. The fourth-order valence-corrected chi connectivity index (χ4v) is 8.52. The summed E-state index contributed by atoms with van der Waals surface area (Å²) < 4.78 is 0. The van der Waals surface area contributed by atoms with Gasteiger partial charge in [-0.3, -0.25) is 9.63 Å². The summed E-state index contributed by atoms with van der Waals surface area (Å²) in [4.78, 5) is 19.7. The lowest BCUT2D eigenvalue weighted by Crippen LogP contribution is -2.49. The van der Waals surface area contributed by atoms with Gasteiger partial charge < -0.3 is 20.8 Å². The molecule has 0 spiro atoms. The SMILES string of the molecule is C[C@H](O)[C@H]1ON(CC2CCC(/C=C\C3CCCCC3)CC2)[C@@H](C(=O)NCCC2CNC3CCCCC23)[C@H]1CO. The van der Waals surface area contributed by atoms with E-state index in [4.69, 9.17) is 4.84 Å². The maximum absolute atomic E-state index is 13.5. The van der Waals surface area contributed by atoms with Crippen LogP contribution < -0.4 is 10.6 Å². The number of hydroxylamine groups is 2. The van der Waals surface area contributed by atoms with Crippen LogP contribution in [0.5, 0.6) is 0 Å². The lowest BCUT2D eigenvalue weighted by atomic mass is 9.79. The van der Waals surface area contributed by atoms with Gasteiger partial charge in [0, 0.05) is 25.0 Å². The lowest BCUT2D eigenvalue weighted by molar-refractivity contribution is -0.193. The maximum atomic E-state index is 13.5. The summed E-state index contributed by atoms with van der Waals surface area (Å²) in [6.45, 7) is 3.94. The maximum Gasteiger partial charge on any atom is 0.240 e. The van der Waals surface area contributed by atoms with Crippen LogP contribution in [0.4, 0.5) is 0 Å². The van der Waals surface area contributed by atoms with Crippen LogP contribution in [0.15, 0.2) is 12.2 Å². The largest absolute Gasteiger partial charge is 0.396 e. The first kappa shape index (κ1) is 29.5. The lowest BCUT2D eigenvalue weighted by Gasteiger charge is -2.32. The van der Waals surface area contributed by atoms with E-state index in [2.05, 4.69) is 22.8 Å². The number of nitrogens with one attached hydrogen (secondary N) is 2. The molecule has 7 heteroatoms. The molecule has 2 saturated heterocycles. The third-order valence-electron chi connectivity index (χ3n) is 10.9. The predicted octanol–water partition coefficient (Wildman–Crippen LogP) is 4.19. The normalized spacial score (nSPS) is 39.2. The Morgan fingerprint density at radius 1 is 1.00 bits per heavy atom. The van der Waals surface area contributed by atoms with Crippen molar-refractivity contribution in [1.29, 1.82) is 0 Å². The molecule has 39 heavy (non-hydrogen) atoms. The third-order valence-corrected chi connectivity index (χ3v) is 10.9. The van der Waals surface area contributed by atoms with Crippen molar-refractivity contribution < 1.29 is 19.8 Å². The summed E-state index contributed by atoms with van der Waals surface area (Å²) in [6.07, 6.45) is 21.5. The van der Waals surface area contributed by atoms with Gasteiger partial charge in [0.15, 0.2) is 0 Å². The number of aliphatic hydroxyl groups is 2. The third kappa shape index (κ3) is 7.45. The molecular formula is C32H55N3O4.